The normalized spacial score (nSPS) is 10.2. The third-order valence-electron chi connectivity index (χ3n) is 3.02. The first kappa shape index (κ1) is 17.5. The van der Waals surface area contributed by atoms with Crippen molar-refractivity contribution in [2.45, 2.75) is 45.6 Å². The number of non-ortho nitro benzene ring substituents is 2. The molecule has 0 bridgehead atoms. The van der Waals surface area contributed by atoms with Crippen LogP contribution in [0.4, 0.5) is 11.4 Å². The molecule has 1 aromatic rings. The van der Waals surface area contributed by atoms with Gasteiger partial charge in [0.1, 0.15) is 6.61 Å². The van der Waals surface area contributed by atoms with Crippen LogP contribution in [0.1, 0.15) is 44.6 Å². The highest BCUT2D eigenvalue weighted by atomic mass is 16.6. The second kappa shape index (κ2) is 8.71. The molecule has 0 saturated heterocycles. The number of unbranched alkanes of at least 4 members (excludes halogenated alkanes) is 3. The molecule has 22 heavy (non-hydrogen) atoms. The zero-order valence-corrected chi connectivity index (χ0v) is 12.3. The molecule has 0 spiro atoms. The highest BCUT2D eigenvalue weighted by Crippen LogP contribution is 2.23. The third-order valence-corrected chi connectivity index (χ3v) is 3.02. The van der Waals surface area contributed by atoms with E-state index in [0.717, 1.165) is 43.9 Å². The maximum atomic E-state index is 11.5. The van der Waals surface area contributed by atoms with Crippen LogP contribution in [0.15, 0.2) is 18.2 Å². The van der Waals surface area contributed by atoms with Crippen LogP contribution in [0.25, 0.3) is 0 Å². The van der Waals surface area contributed by atoms with Gasteiger partial charge in [0, 0.05) is 24.1 Å². The highest BCUT2D eigenvalue weighted by Gasteiger charge is 2.17. The second-order valence-electron chi connectivity index (χ2n) is 4.84. The molecule has 120 valence electrons. The van der Waals surface area contributed by atoms with Gasteiger partial charge in [-0.05, 0) is 6.42 Å². The van der Waals surface area contributed by atoms with Crippen LogP contribution in [0.5, 0.6) is 0 Å². The summed E-state index contributed by atoms with van der Waals surface area (Å²) in [6, 6.07) is 3.20. The number of hydrogen-bond acceptors (Lipinski definition) is 6. The molecule has 1 rings (SSSR count). The molecule has 0 saturated carbocycles. The average molecular weight is 310 g/mol. The minimum Gasteiger partial charge on any atom is -0.461 e. The third kappa shape index (κ3) is 5.86. The summed E-state index contributed by atoms with van der Waals surface area (Å²) >= 11 is 0. The van der Waals surface area contributed by atoms with E-state index < -0.39 is 27.2 Å². The minimum atomic E-state index is -0.719. The van der Waals surface area contributed by atoms with Gasteiger partial charge in [0.2, 0.25) is 0 Å². The van der Waals surface area contributed by atoms with E-state index in [1.807, 2.05) is 0 Å². The van der Waals surface area contributed by atoms with Gasteiger partial charge in [0.05, 0.1) is 15.9 Å². The zero-order valence-electron chi connectivity index (χ0n) is 12.3. The van der Waals surface area contributed by atoms with E-state index in [4.69, 9.17) is 4.74 Å². The molecule has 0 N–H and O–H groups in total. The van der Waals surface area contributed by atoms with E-state index >= 15 is 0 Å². The summed E-state index contributed by atoms with van der Waals surface area (Å²) < 4.78 is 4.99. The molecular weight excluding hydrogens is 292 g/mol. The van der Waals surface area contributed by atoms with E-state index in [0.29, 0.717) is 0 Å². The summed E-state index contributed by atoms with van der Waals surface area (Å²) in [5.41, 5.74) is -0.575. The maximum Gasteiger partial charge on any atom is 0.306 e. The van der Waals surface area contributed by atoms with Crippen LogP contribution in [0.3, 0.4) is 0 Å². The lowest BCUT2D eigenvalue weighted by molar-refractivity contribution is -0.394. The van der Waals surface area contributed by atoms with E-state index in [1.165, 1.54) is 0 Å². The average Bonchev–Trinajstić information content (AvgIpc) is 2.49. The van der Waals surface area contributed by atoms with Gasteiger partial charge in [0.15, 0.2) is 0 Å². The van der Waals surface area contributed by atoms with Crippen molar-refractivity contribution in [3.8, 4) is 0 Å². The molecular formula is C14H18N2O6. The van der Waals surface area contributed by atoms with Crippen molar-refractivity contribution in [3.05, 3.63) is 44.0 Å². The van der Waals surface area contributed by atoms with E-state index in [1.54, 1.807) is 0 Å². The van der Waals surface area contributed by atoms with E-state index in [-0.39, 0.29) is 18.6 Å². The van der Waals surface area contributed by atoms with Crippen molar-refractivity contribution >= 4 is 17.3 Å². The Kier molecular flexibility index (Phi) is 6.94. The van der Waals surface area contributed by atoms with Crippen molar-refractivity contribution in [1.29, 1.82) is 0 Å². The molecule has 0 aliphatic heterocycles. The Morgan fingerprint density at radius 2 is 1.64 bits per heavy atom. The summed E-state index contributed by atoms with van der Waals surface area (Å²) in [7, 11) is 0. The number of carbonyl (C=O) groups excluding carboxylic acids is 1. The van der Waals surface area contributed by atoms with Crippen molar-refractivity contribution < 1.29 is 19.4 Å². The quantitative estimate of drug-likeness (QED) is 0.298. The van der Waals surface area contributed by atoms with Crippen LogP contribution < -0.4 is 0 Å². The number of carbonyl (C=O) groups is 1. The molecule has 0 atom stereocenters. The first-order chi connectivity index (χ1) is 10.4. The Morgan fingerprint density at radius 1 is 1.05 bits per heavy atom. The van der Waals surface area contributed by atoms with Gasteiger partial charge in [-0.15, -0.1) is 0 Å². The first-order valence-corrected chi connectivity index (χ1v) is 7.02. The molecule has 0 aliphatic carbocycles. The predicted molar refractivity (Wildman–Crippen MR) is 78.3 cm³/mol. The Morgan fingerprint density at radius 3 is 2.14 bits per heavy atom. The fourth-order valence-corrected chi connectivity index (χ4v) is 1.88. The molecule has 8 heteroatoms. The number of esters is 1. The Bertz CT molecular complexity index is 526. The lowest BCUT2D eigenvalue weighted by Crippen LogP contribution is -2.05. The van der Waals surface area contributed by atoms with Crippen molar-refractivity contribution in [2.24, 2.45) is 0 Å². The van der Waals surface area contributed by atoms with Crippen molar-refractivity contribution in [2.75, 3.05) is 0 Å². The Labute approximate surface area is 127 Å². The second-order valence-corrected chi connectivity index (χ2v) is 4.84. The van der Waals surface area contributed by atoms with Crippen molar-refractivity contribution in [1.82, 2.24) is 0 Å². The molecule has 0 fully saturated rings. The summed E-state index contributed by atoms with van der Waals surface area (Å²) in [5.74, 6) is -0.412. The molecule has 0 radical (unpaired) electrons. The number of nitro benzene ring substituents is 2. The molecule has 0 amide bonds. The maximum absolute atomic E-state index is 11.5. The molecule has 8 nitrogen and oxygen atoms in total. The highest BCUT2D eigenvalue weighted by molar-refractivity contribution is 5.69. The van der Waals surface area contributed by atoms with Gasteiger partial charge < -0.3 is 4.74 Å². The van der Waals surface area contributed by atoms with Crippen LogP contribution in [0.2, 0.25) is 0 Å². The summed E-state index contributed by atoms with van der Waals surface area (Å²) in [6.07, 6.45) is 4.05. The van der Waals surface area contributed by atoms with Gasteiger partial charge >= 0.3 is 5.97 Å². The molecule has 0 aliphatic rings. The van der Waals surface area contributed by atoms with E-state index in [2.05, 4.69) is 6.92 Å². The lowest BCUT2D eigenvalue weighted by atomic mass is 10.1. The first-order valence-electron chi connectivity index (χ1n) is 7.02. The van der Waals surface area contributed by atoms with Gasteiger partial charge in [-0.2, -0.15) is 0 Å². The Balaban J connectivity index is 2.63. The fraction of sp³-hybridized carbons (Fsp3) is 0.500. The zero-order chi connectivity index (χ0) is 16.5. The Hall–Kier alpha value is -2.51. The molecule has 0 aromatic heterocycles. The van der Waals surface area contributed by atoms with E-state index in [9.17, 15) is 25.0 Å². The minimum absolute atomic E-state index is 0.213. The largest absolute Gasteiger partial charge is 0.461 e. The van der Waals surface area contributed by atoms with Gasteiger partial charge in [0.25, 0.3) is 11.4 Å². The van der Waals surface area contributed by atoms with Gasteiger partial charge in [-0.3, -0.25) is 25.0 Å². The number of nitrogens with zero attached hydrogens (tertiary/aromatic N) is 2. The predicted octanol–water partition coefficient (Wildman–Crippen LogP) is 3.52. The van der Waals surface area contributed by atoms with Crippen molar-refractivity contribution in [3.63, 3.8) is 0 Å². The fourth-order valence-electron chi connectivity index (χ4n) is 1.88. The van der Waals surface area contributed by atoms with Crippen LogP contribution in [-0.2, 0) is 16.1 Å². The smallest absolute Gasteiger partial charge is 0.306 e. The van der Waals surface area contributed by atoms with Gasteiger partial charge in [-0.1, -0.05) is 26.2 Å². The summed E-state index contributed by atoms with van der Waals surface area (Å²) in [4.78, 5) is 31.6. The topological polar surface area (TPSA) is 113 Å². The lowest BCUT2D eigenvalue weighted by Gasteiger charge is -2.05. The summed E-state index contributed by atoms with van der Waals surface area (Å²) in [6.45, 7) is 1.85. The molecule has 0 heterocycles. The van der Waals surface area contributed by atoms with Crippen LogP contribution >= 0.6 is 0 Å². The number of benzene rings is 1. The molecule has 0 unspecified atom stereocenters. The summed E-state index contributed by atoms with van der Waals surface area (Å²) in [5, 5.41) is 21.5. The monoisotopic (exact) mass is 310 g/mol. The SMILES string of the molecule is CCCCCCC(=O)OCc1cc([N+](=O)[O-])cc([N+](=O)[O-])c1. The standard InChI is InChI=1S/C14H18N2O6/c1-2-3-4-5-6-14(17)22-10-11-7-12(15(18)19)9-13(8-11)16(20)21/h7-9H,2-6,10H2,1H3. The van der Waals surface area contributed by atoms with Crippen LogP contribution in [-0.4, -0.2) is 15.8 Å². The molecule has 1 aromatic carbocycles. The number of nitro groups is 2. The number of rotatable bonds is 9. The van der Waals surface area contributed by atoms with Crippen LogP contribution in [0, 0.1) is 20.2 Å². The number of hydrogen-bond donors (Lipinski definition) is 0. The number of ether oxygens (including phenoxy) is 1. The van der Waals surface area contributed by atoms with Gasteiger partial charge in [-0.25, -0.2) is 0 Å².